The van der Waals surface area contributed by atoms with Crippen molar-refractivity contribution in [2.45, 2.75) is 6.92 Å². The van der Waals surface area contributed by atoms with Gasteiger partial charge in [-0.2, -0.15) is 4.98 Å². The summed E-state index contributed by atoms with van der Waals surface area (Å²) in [5.41, 5.74) is 4.11. The average Bonchev–Trinajstić information content (AvgIpc) is 3.25. The smallest absolute Gasteiger partial charge is 0.240 e. The molecule has 4 heteroatoms. The van der Waals surface area contributed by atoms with Crippen LogP contribution in [0.25, 0.3) is 33.5 Å². The maximum atomic E-state index is 5.65. The molecule has 30 heavy (non-hydrogen) atoms. The third-order valence-electron chi connectivity index (χ3n) is 4.57. The van der Waals surface area contributed by atoms with Gasteiger partial charge in [-0.15, -0.1) is 0 Å². The molecule has 0 unspecified atom stereocenters. The molecule has 148 valence electrons. The van der Waals surface area contributed by atoms with E-state index < -0.39 is 0 Å². The number of imidazole rings is 1. The highest BCUT2D eigenvalue weighted by atomic mass is 16.5. The SMILES string of the molecule is CCOc1nc(-c2ccccc2)[nH]c1-c1ccccc1.c1ccc2ncccc2c1. The maximum Gasteiger partial charge on any atom is 0.240 e. The molecular formula is C26H23N3O. The summed E-state index contributed by atoms with van der Waals surface area (Å²) in [6.45, 7) is 2.56. The van der Waals surface area contributed by atoms with Gasteiger partial charge in [-0.25, -0.2) is 0 Å². The molecule has 0 saturated carbocycles. The molecule has 0 aliphatic heterocycles. The summed E-state index contributed by atoms with van der Waals surface area (Å²) < 4.78 is 5.65. The second-order valence-electron chi connectivity index (χ2n) is 6.63. The van der Waals surface area contributed by atoms with Crippen molar-refractivity contribution in [2.75, 3.05) is 6.61 Å². The molecule has 0 aliphatic rings. The highest BCUT2D eigenvalue weighted by Crippen LogP contribution is 2.30. The Balaban J connectivity index is 0.000000181. The van der Waals surface area contributed by atoms with Crippen LogP contribution in [0.1, 0.15) is 6.92 Å². The lowest BCUT2D eigenvalue weighted by atomic mass is 10.2. The quantitative estimate of drug-likeness (QED) is 0.385. The van der Waals surface area contributed by atoms with E-state index in [0.717, 1.165) is 28.2 Å². The summed E-state index contributed by atoms with van der Waals surface area (Å²) >= 11 is 0. The standard InChI is InChI=1S/C17H16N2O.C9H7N/c1-2-20-17-15(13-9-5-3-6-10-13)18-16(19-17)14-11-7-4-8-12-14;1-2-6-9-8(4-1)5-3-7-10-9/h3-12H,2H2,1H3,(H,18,19);1-7H. The number of rotatable bonds is 4. The molecule has 0 atom stereocenters. The second-order valence-corrected chi connectivity index (χ2v) is 6.63. The molecule has 4 nitrogen and oxygen atoms in total. The van der Waals surface area contributed by atoms with E-state index in [2.05, 4.69) is 27.1 Å². The van der Waals surface area contributed by atoms with E-state index in [1.165, 1.54) is 5.39 Å². The number of nitrogens with one attached hydrogen (secondary N) is 1. The number of hydrogen-bond donors (Lipinski definition) is 1. The minimum absolute atomic E-state index is 0.596. The molecule has 0 fully saturated rings. The fraction of sp³-hybridized carbons (Fsp3) is 0.0769. The normalized spacial score (nSPS) is 10.3. The van der Waals surface area contributed by atoms with Crippen molar-refractivity contribution in [1.29, 1.82) is 0 Å². The Kier molecular flexibility index (Phi) is 6.16. The predicted molar refractivity (Wildman–Crippen MR) is 122 cm³/mol. The van der Waals surface area contributed by atoms with Crippen LogP contribution >= 0.6 is 0 Å². The van der Waals surface area contributed by atoms with Gasteiger partial charge in [-0.1, -0.05) is 84.9 Å². The van der Waals surface area contributed by atoms with E-state index in [9.17, 15) is 0 Å². The van der Waals surface area contributed by atoms with Crippen LogP contribution in [0.3, 0.4) is 0 Å². The minimum Gasteiger partial charge on any atom is -0.476 e. The van der Waals surface area contributed by atoms with Crippen LogP contribution in [0, 0.1) is 0 Å². The van der Waals surface area contributed by atoms with Crippen LogP contribution < -0.4 is 4.74 Å². The lowest BCUT2D eigenvalue weighted by molar-refractivity contribution is 0.330. The van der Waals surface area contributed by atoms with Crippen molar-refractivity contribution < 1.29 is 4.74 Å². The Morgan fingerprint density at radius 3 is 2.07 bits per heavy atom. The van der Waals surface area contributed by atoms with Crippen LogP contribution in [0.15, 0.2) is 103 Å². The molecule has 0 radical (unpaired) electrons. The first-order chi connectivity index (χ1) is 14.8. The Bertz CT molecular complexity index is 1140. The molecular weight excluding hydrogens is 370 g/mol. The Labute approximate surface area is 176 Å². The number of para-hydroxylation sites is 1. The van der Waals surface area contributed by atoms with Gasteiger partial charge < -0.3 is 9.72 Å². The van der Waals surface area contributed by atoms with Crippen molar-refractivity contribution in [1.82, 2.24) is 15.0 Å². The zero-order valence-corrected chi connectivity index (χ0v) is 16.8. The van der Waals surface area contributed by atoms with E-state index >= 15 is 0 Å². The van der Waals surface area contributed by atoms with Crippen LogP contribution in [0.5, 0.6) is 5.88 Å². The van der Waals surface area contributed by atoms with Crippen molar-refractivity contribution in [3.05, 3.63) is 103 Å². The van der Waals surface area contributed by atoms with E-state index in [1.54, 1.807) is 0 Å². The summed E-state index contributed by atoms with van der Waals surface area (Å²) in [6, 6.07) is 32.2. The van der Waals surface area contributed by atoms with Crippen molar-refractivity contribution >= 4 is 10.9 Å². The van der Waals surface area contributed by atoms with E-state index in [1.807, 2.05) is 98.0 Å². The third kappa shape index (κ3) is 4.55. The number of ether oxygens (including phenoxy) is 1. The number of pyridine rings is 1. The molecule has 1 N–H and O–H groups in total. The molecule has 0 saturated heterocycles. The molecule has 0 bridgehead atoms. The number of aromatic nitrogens is 3. The van der Waals surface area contributed by atoms with Gasteiger partial charge in [-0.3, -0.25) is 4.98 Å². The first-order valence-corrected chi connectivity index (χ1v) is 9.98. The third-order valence-corrected chi connectivity index (χ3v) is 4.57. The molecule has 2 heterocycles. The molecule has 3 aromatic carbocycles. The minimum atomic E-state index is 0.596. The molecule has 2 aromatic heterocycles. The average molecular weight is 393 g/mol. The second kappa shape index (κ2) is 9.52. The fourth-order valence-corrected chi connectivity index (χ4v) is 3.15. The largest absolute Gasteiger partial charge is 0.476 e. The number of nitrogens with zero attached hydrogens (tertiary/aromatic N) is 2. The number of fused-ring (bicyclic) bond motifs is 1. The molecule has 0 amide bonds. The Morgan fingerprint density at radius 2 is 1.37 bits per heavy atom. The molecule has 0 spiro atoms. The monoisotopic (exact) mass is 393 g/mol. The van der Waals surface area contributed by atoms with Crippen LogP contribution in [-0.2, 0) is 0 Å². The summed E-state index contributed by atoms with van der Waals surface area (Å²) in [5, 5.41) is 1.20. The highest BCUT2D eigenvalue weighted by Gasteiger charge is 2.13. The maximum absolute atomic E-state index is 5.65. The number of hydrogen-bond acceptors (Lipinski definition) is 3. The van der Waals surface area contributed by atoms with Gasteiger partial charge in [0.05, 0.1) is 12.1 Å². The zero-order chi connectivity index (χ0) is 20.6. The van der Waals surface area contributed by atoms with E-state index in [0.29, 0.717) is 12.5 Å². The van der Waals surface area contributed by atoms with E-state index in [-0.39, 0.29) is 0 Å². The predicted octanol–water partition coefficient (Wildman–Crippen LogP) is 6.38. The number of benzene rings is 3. The first kappa shape index (κ1) is 19.4. The van der Waals surface area contributed by atoms with Crippen LogP contribution in [-0.4, -0.2) is 21.6 Å². The van der Waals surface area contributed by atoms with Gasteiger partial charge in [0.1, 0.15) is 11.5 Å². The Morgan fingerprint density at radius 1 is 0.733 bits per heavy atom. The van der Waals surface area contributed by atoms with Gasteiger partial charge in [0.25, 0.3) is 0 Å². The van der Waals surface area contributed by atoms with Gasteiger partial charge in [0.15, 0.2) is 0 Å². The highest BCUT2D eigenvalue weighted by molar-refractivity contribution is 5.77. The van der Waals surface area contributed by atoms with Crippen molar-refractivity contribution in [3.8, 4) is 28.5 Å². The zero-order valence-electron chi connectivity index (χ0n) is 16.8. The van der Waals surface area contributed by atoms with E-state index in [4.69, 9.17) is 4.74 Å². The fourth-order valence-electron chi connectivity index (χ4n) is 3.15. The summed E-state index contributed by atoms with van der Waals surface area (Å²) in [4.78, 5) is 12.1. The summed E-state index contributed by atoms with van der Waals surface area (Å²) in [5.74, 6) is 1.48. The van der Waals surface area contributed by atoms with Gasteiger partial charge in [0, 0.05) is 22.7 Å². The van der Waals surface area contributed by atoms with Crippen LogP contribution in [0.2, 0.25) is 0 Å². The summed E-state index contributed by atoms with van der Waals surface area (Å²) in [6.07, 6.45) is 1.81. The van der Waals surface area contributed by atoms with Crippen molar-refractivity contribution in [3.63, 3.8) is 0 Å². The number of H-pyrrole nitrogens is 1. The number of aromatic amines is 1. The van der Waals surface area contributed by atoms with Gasteiger partial charge >= 0.3 is 0 Å². The molecule has 5 aromatic rings. The Hall–Kier alpha value is -3.92. The molecule has 0 aliphatic carbocycles. The lowest BCUT2D eigenvalue weighted by Gasteiger charge is -2.02. The van der Waals surface area contributed by atoms with Crippen molar-refractivity contribution in [2.24, 2.45) is 0 Å². The first-order valence-electron chi connectivity index (χ1n) is 9.98. The van der Waals surface area contributed by atoms with Gasteiger partial charge in [0.2, 0.25) is 5.88 Å². The summed E-state index contributed by atoms with van der Waals surface area (Å²) in [7, 11) is 0. The lowest BCUT2D eigenvalue weighted by Crippen LogP contribution is -1.93. The van der Waals surface area contributed by atoms with Gasteiger partial charge in [-0.05, 0) is 19.1 Å². The molecule has 5 rings (SSSR count). The van der Waals surface area contributed by atoms with Crippen LogP contribution in [0.4, 0.5) is 0 Å². The topological polar surface area (TPSA) is 50.8 Å².